The highest BCUT2D eigenvalue weighted by atomic mass is 15.3. The van der Waals surface area contributed by atoms with Gasteiger partial charge in [0.25, 0.3) is 0 Å². The predicted octanol–water partition coefficient (Wildman–Crippen LogP) is 2.56. The van der Waals surface area contributed by atoms with Gasteiger partial charge in [-0.15, -0.1) is 0 Å². The molecule has 1 aliphatic rings. The summed E-state index contributed by atoms with van der Waals surface area (Å²) < 4.78 is 1.87. The van der Waals surface area contributed by atoms with Crippen molar-refractivity contribution in [3.05, 3.63) is 5.69 Å². The number of nitrogens with zero attached hydrogens (tertiary/aromatic N) is 2. The summed E-state index contributed by atoms with van der Waals surface area (Å²) in [5.74, 6) is 0.990. The van der Waals surface area contributed by atoms with Crippen LogP contribution < -0.4 is 11.1 Å². The molecule has 1 fully saturated rings. The minimum Gasteiger partial charge on any atom is -0.394 e. The van der Waals surface area contributed by atoms with Crippen molar-refractivity contribution in [1.29, 1.82) is 0 Å². The van der Waals surface area contributed by atoms with Gasteiger partial charge in [0.05, 0.1) is 11.4 Å². The molecule has 0 amide bonds. The fourth-order valence-corrected chi connectivity index (χ4v) is 2.56. The second-order valence-corrected chi connectivity index (χ2v) is 5.29. The number of nitrogen functional groups attached to an aromatic ring is 1. The maximum atomic E-state index is 6.09. The van der Waals surface area contributed by atoms with Crippen molar-refractivity contribution in [3.63, 3.8) is 0 Å². The van der Waals surface area contributed by atoms with Crippen molar-refractivity contribution in [1.82, 2.24) is 9.78 Å². The van der Waals surface area contributed by atoms with Gasteiger partial charge in [-0.3, -0.25) is 4.68 Å². The molecule has 0 bridgehead atoms. The molecule has 1 heterocycles. The Morgan fingerprint density at radius 2 is 2.12 bits per heavy atom. The Hall–Kier alpha value is -1.19. The Kier molecular flexibility index (Phi) is 3.31. The van der Waals surface area contributed by atoms with E-state index in [-0.39, 0.29) is 0 Å². The Bertz CT molecular complexity index is 390. The van der Waals surface area contributed by atoms with Crippen molar-refractivity contribution in [2.45, 2.75) is 46.0 Å². The van der Waals surface area contributed by atoms with Crippen LogP contribution in [0.4, 0.5) is 11.5 Å². The average molecular weight is 236 g/mol. The lowest BCUT2D eigenvalue weighted by atomic mass is 10.0. The minimum absolute atomic E-state index is 0.540. The summed E-state index contributed by atoms with van der Waals surface area (Å²) in [7, 11) is 1.96. The van der Waals surface area contributed by atoms with E-state index in [0.717, 1.165) is 30.2 Å². The number of nitrogens with one attached hydrogen (secondary N) is 1. The van der Waals surface area contributed by atoms with Gasteiger partial charge >= 0.3 is 0 Å². The second-order valence-electron chi connectivity index (χ2n) is 5.29. The van der Waals surface area contributed by atoms with E-state index in [0.29, 0.717) is 5.41 Å². The van der Waals surface area contributed by atoms with Gasteiger partial charge in [0.15, 0.2) is 0 Å². The number of nitrogens with two attached hydrogens (primary N) is 1. The predicted molar refractivity (Wildman–Crippen MR) is 72.1 cm³/mol. The summed E-state index contributed by atoms with van der Waals surface area (Å²) in [5, 5.41) is 7.92. The zero-order valence-corrected chi connectivity index (χ0v) is 11.2. The highest BCUT2D eigenvalue weighted by Crippen LogP contribution is 2.49. The number of hydrogen-bond acceptors (Lipinski definition) is 3. The lowest BCUT2D eigenvalue weighted by Crippen LogP contribution is -2.17. The van der Waals surface area contributed by atoms with Gasteiger partial charge in [0.1, 0.15) is 5.82 Å². The lowest BCUT2D eigenvalue weighted by molar-refractivity contribution is 0.484. The van der Waals surface area contributed by atoms with Crippen molar-refractivity contribution in [2.75, 3.05) is 17.6 Å². The summed E-state index contributed by atoms with van der Waals surface area (Å²) >= 11 is 0. The highest BCUT2D eigenvalue weighted by molar-refractivity contribution is 5.65. The van der Waals surface area contributed by atoms with Crippen LogP contribution in [-0.4, -0.2) is 16.3 Å². The van der Waals surface area contributed by atoms with E-state index in [4.69, 9.17) is 5.73 Å². The van der Waals surface area contributed by atoms with E-state index in [1.807, 2.05) is 11.7 Å². The van der Waals surface area contributed by atoms with E-state index in [2.05, 4.69) is 24.3 Å². The summed E-state index contributed by atoms with van der Waals surface area (Å²) in [6.07, 6.45) is 6.18. The summed E-state index contributed by atoms with van der Waals surface area (Å²) in [4.78, 5) is 0. The first-order valence-electron chi connectivity index (χ1n) is 6.67. The molecule has 1 aliphatic carbocycles. The van der Waals surface area contributed by atoms with Gasteiger partial charge in [-0.1, -0.05) is 20.3 Å². The van der Waals surface area contributed by atoms with Gasteiger partial charge in [-0.2, -0.15) is 5.10 Å². The molecule has 96 valence electrons. The third-order valence-electron chi connectivity index (χ3n) is 3.86. The fourth-order valence-electron chi connectivity index (χ4n) is 2.56. The number of anilines is 2. The zero-order valence-electron chi connectivity index (χ0n) is 11.2. The maximum absolute atomic E-state index is 6.09. The van der Waals surface area contributed by atoms with Crippen molar-refractivity contribution in [2.24, 2.45) is 12.5 Å². The van der Waals surface area contributed by atoms with Gasteiger partial charge in [-0.25, -0.2) is 0 Å². The van der Waals surface area contributed by atoms with E-state index < -0.39 is 0 Å². The Morgan fingerprint density at radius 1 is 1.41 bits per heavy atom. The summed E-state index contributed by atoms with van der Waals surface area (Å²) in [5.41, 5.74) is 8.45. The van der Waals surface area contributed by atoms with Crippen LogP contribution in [0.3, 0.4) is 0 Å². The monoisotopic (exact) mass is 236 g/mol. The van der Waals surface area contributed by atoms with E-state index in [1.54, 1.807) is 0 Å². The molecule has 0 saturated heterocycles. The second kappa shape index (κ2) is 4.59. The third-order valence-corrected chi connectivity index (χ3v) is 3.86. The quantitative estimate of drug-likeness (QED) is 0.798. The number of hydrogen-bond donors (Lipinski definition) is 2. The van der Waals surface area contributed by atoms with Gasteiger partial charge in [0, 0.05) is 13.6 Å². The molecule has 0 radical (unpaired) electrons. The third kappa shape index (κ3) is 2.40. The molecule has 3 N–H and O–H groups in total. The van der Waals surface area contributed by atoms with Gasteiger partial charge in [-0.05, 0) is 31.1 Å². The molecule has 1 aromatic heterocycles. The molecule has 4 heteroatoms. The molecule has 4 nitrogen and oxygen atoms in total. The molecular weight excluding hydrogens is 212 g/mol. The molecule has 0 atom stereocenters. The summed E-state index contributed by atoms with van der Waals surface area (Å²) in [6.45, 7) is 5.38. The molecule has 1 saturated carbocycles. The first-order valence-corrected chi connectivity index (χ1v) is 6.67. The average Bonchev–Trinajstić information content (AvgIpc) is 3.00. The summed E-state index contributed by atoms with van der Waals surface area (Å²) in [6, 6.07) is 0. The van der Waals surface area contributed by atoms with Crippen LogP contribution in [0.5, 0.6) is 0 Å². The fraction of sp³-hybridized carbons (Fsp3) is 0.769. The molecule has 0 aliphatic heterocycles. The van der Waals surface area contributed by atoms with Crippen LogP contribution in [0.2, 0.25) is 0 Å². The molecule has 17 heavy (non-hydrogen) atoms. The Labute approximate surface area is 104 Å². The number of aryl methyl sites for hydroxylation is 2. The maximum Gasteiger partial charge on any atom is 0.147 e. The lowest BCUT2D eigenvalue weighted by Gasteiger charge is -2.16. The van der Waals surface area contributed by atoms with E-state index in [9.17, 15) is 0 Å². The van der Waals surface area contributed by atoms with Crippen LogP contribution in [0.15, 0.2) is 0 Å². The molecule has 0 spiro atoms. The Morgan fingerprint density at radius 3 is 2.59 bits per heavy atom. The van der Waals surface area contributed by atoms with Crippen LogP contribution in [-0.2, 0) is 13.5 Å². The van der Waals surface area contributed by atoms with E-state index >= 15 is 0 Å². The Balaban J connectivity index is 2.02. The van der Waals surface area contributed by atoms with Crippen LogP contribution in [0.1, 0.15) is 45.2 Å². The number of rotatable bonds is 6. The van der Waals surface area contributed by atoms with Crippen LogP contribution in [0.25, 0.3) is 0 Å². The van der Waals surface area contributed by atoms with Gasteiger partial charge in [0.2, 0.25) is 0 Å². The van der Waals surface area contributed by atoms with Crippen molar-refractivity contribution in [3.8, 4) is 0 Å². The van der Waals surface area contributed by atoms with Gasteiger partial charge < -0.3 is 11.1 Å². The SMILES string of the molecule is CCCC1(CNc2c(N)c(CC)nn2C)CC1. The molecule has 1 aromatic rings. The van der Waals surface area contributed by atoms with Crippen molar-refractivity contribution >= 4 is 11.5 Å². The first-order chi connectivity index (χ1) is 8.12. The first kappa shape index (κ1) is 12.3. The van der Waals surface area contributed by atoms with Crippen LogP contribution >= 0.6 is 0 Å². The molecule has 2 rings (SSSR count). The molecule has 0 aromatic carbocycles. The normalized spacial score (nSPS) is 17.1. The highest BCUT2D eigenvalue weighted by Gasteiger charge is 2.41. The smallest absolute Gasteiger partial charge is 0.147 e. The zero-order chi connectivity index (χ0) is 12.5. The topological polar surface area (TPSA) is 55.9 Å². The van der Waals surface area contributed by atoms with Crippen LogP contribution in [0, 0.1) is 5.41 Å². The largest absolute Gasteiger partial charge is 0.394 e. The number of aromatic nitrogens is 2. The molecule has 0 unspecified atom stereocenters. The van der Waals surface area contributed by atoms with Crippen molar-refractivity contribution < 1.29 is 0 Å². The van der Waals surface area contributed by atoms with E-state index in [1.165, 1.54) is 25.7 Å². The molecular formula is C13H24N4. The standard InChI is InChI=1S/C13H24N4/c1-4-6-13(7-8-13)9-15-12-11(14)10(5-2)16-17(12)3/h15H,4-9,14H2,1-3H3. The minimum atomic E-state index is 0.540.